The summed E-state index contributed by atoms with van der Waals surface area (Å²) in [5, 5.41) is 9.97. The lowest BCUT2D eigenvalue weighted by Crippen LogP contribution is -2.42. The molecule has 0 radical (unpaired) electrons. The van der Waals surface area contributed by atoms with Gasteiger partial charge in [-0.1, -0.05) is 17.7 Å². The van der Waals surface area contributed by atoms with Crippen LogP contribution in [0.15, 0.2) is 18.2 Å². The van der Waals surface area contributed by atoms with E-state index < -0.39 is 6.10 Å². The maximum Gasteiger partial charge on any atom is 0.323 e. The average Bonchev–Trinajstić information content (AvgIpc) is 2.29. The van der Waals surface area contributed by atoms with Crippen LogP contribution in [0.1, 0.15) is 23.7 Å². The van der Waals surface area contributed by atoms with Gasteiger partial charge in [0, 0.05) is 26.2 Å². The van der Waals surface area contributed by atoms with Crippen molar-refractivity contribution in [3.63, 3.8) is 0 Å². The fourth-order valence-corrected chi connectivity index (χ4v) is 2.15. The molecular weight excluding hydrogens is 216 g/mol. The highest BCUT2D eigenvalue weighted by atomic mass is 16.3. The third-order valence-corrected chi connectivity index (χ3v) is 3.07. The molecule has 1 unspecified atom stereocenters. The predicted octanol–water partition coefficient (Wildman–Crippen LogP) is 1.92. The molecule has 0 fully saturated rings. The van der Waals surface area contributed by atoms with Gasteiger partial charge in [-0.3, -0.25) is 4.90 Å². The average molecular weight is 234 g/mol. The van der Waals surface area contributed by atoms with Crippen molar-refractivity contribution in [3.05, 3.63) is 29.3 Å². The summed E-state index contributed by atoms with van der Waals surface area (Å²) in [7, 11) is 3.47. The van der Waals surface area contributed by atoms with Crippen molar-refractivity contribution in [2.45, 2.75) is 19.4 Å². The first-order valence-corrected chi connectivity index (χ1v) is 5.78. The van der Waals surface area contributed by atoms with E-state index in [0.717, 1.165) is 16.8 Å². The Labute approximate surface area is 101 Å². The minimum absolute atomic E-state index is 0.0398. The molecule has 2 amide bonds. The molecule has 1 aliphatic heterocycles. The lowest BCUT2D eigenvalue weighted by atomic mass is 9.97. The van der Waals surface area contributed by atoms with E-state index in [9.17, 15) is 9.90 Å². The van der Waals surface area contributed by atoms with Crippen LogP contribution >= 0.6 is 0 Å². The molecule has 0 aromatic heterocycles. The molecule has 0 spiro atoms. The predicted molar refractivity (Wildman–Crippen MR) is 67.2 cm³/mol. The van der Waals surface area contributed by atoms with Crippen LogP contribution in [-0.4, -0.2) is 36.7 Å². The molecule has 1 heterocycles. The van der Waals surface area contributed by atoms with Gasteiger partial charge in [0.05, 0.1) is 11.8 Å². The van der Waals surface area contributed by atoms with Crippen molar-refractivity contribution >= 4 is 11.7 Å². The summed E-state index contributed by atoms with van der Waals surface area (Å²) in [6, 6.07) is 5.79. The molecular formula is C13H18N2O2. The van der Waals surface area contributed by atoms with E-state index in [1.165, 1.54) is 0 Å². The summed E-state index contributed by atoms with van der Waals surface area (Å²) in [6.07, 6.45) is 0.131. The van der Waals surface area contributed by atoms with E-state index in [1.54, 1.807) is 23.9 Å². The smallest absolute Gasteiger partial charge is 0.323 e. The number of hydrogen-bond acceptors (Lipinski definition) is 2. The van der Waals surface area contributed by atoms with Crippen LogP contribution < -0.4 is 4.90 Å². The number of fused-ring (bicyclic) bond motifs is 1. The summed E-state index contributed by atoms with van der Waals surface area (Å²) < 4.78 is 0. The number of carbonyl (C=O) groups is 1. The molecule has 92 valence electrons. The number of anilines is 1. The number of carbonyl (C=O) groups excluding carboxylic acids is 1. The van der Waals surface area contributed by atoms with E-state index in [4.69, 9.17) is 0 Å². The normalized spacial score (nSPS) is 18.8. The standard InChI is InChI=1S/C13H18N2O2/c1-9-4-5-11-10(8-9)12(16)6-7-15(11)13(17)14(2)3/h4-5,8,12,16H,6-7H2,1-3H3. The van der Waals surface area contributed by atoms with Crippen LogP contribution in [0, 0.1) is 6.92 Å². The fraction of sp³-hybridized carbons (Fsp3) is 0.462. The van der Waals surface area contributed by atoms with Gasteiger partial charge in [0.1, 0.15) is 0 Å². The Morgan fingerprint density at radius 2 is 2.18 bits per heavy atom. The Bertz CT molecular complexity index is 443. The van der Waals surface area contributed by atoms with Gasteiger partial charge in [-0.2, -0.15) is 0 Å². The Hall–Kier alpha value is -1.55. The molecule has 0 aliphatic carbocycles. The highest BCUT2D eigenvalue weighted by Crippen LogP contribution is 2.34. The van der Waals surface area contributed by atoms with Crippen LogP contribution in [0.2, 0.25) is 0 Å². The van der Waals surface area contributed by atoms with Crippen molar-refractivity contribution in [1.82, 2.24) is 4.90 Å². The molecule has 4 heteroatoms. The third kappa shape index (κ3) is 2.13. The number of amides is 2. The first kappa shape index (κ1) is 11.9. The van der Waals surface area contributed by atoms with Crippen LogP contribution in [0.3, 0.4) is 0 Å². The number of aliphatic hydroxyl groups excluding tert-OH is 1. The molecule has 0 saturated heterocycles. The van der Waals surface area contributed by atoms with Crippen molar-refractivity contribution in [3.8, 4) is 0 Å². The summed E-state index contributed by atoms with van der Waals surface area (Å²) in [5.74, 6) is 0. The minimum atomic E-state index is -0.462. The largest absolute Gasteiger partial charge is 0.388 e. The zero-order valence-electron chi connectivity index (χ0n) is 10.5. The number of nitrogens with zero attached hydrogens (tertiary/aromatic N) is 2. The summed E-state index contributed by atoms with van der Waals surface area (Å²) >= 11 is 0. The van der Waals surface area contributed by atoms with E-state index in [0.29, 0.717) is 13.0 Å². The summed E-state index contributed by atoms with van der Waals surface area (Å²) in [4.78, 5) is 15.3. The second-order valence-corrected chi connectivity index (χ2v) is 4.70. The van der Waals surface area contributed by atoms with Gasteiger partial charge in [-0.05, 0) is 19.4 Å². The third-order valence-electron chi connectivity index (χ3n) is 3.07. The molecule has 1 aromatic carbocycles. The SMILES string of the molecule is Cc1ccc2c(c1)C(O)CCN2C(=O)N(C)C. The maximum absolute atomic E-state index is 12.0. The lowest BCUT2D eigenvalue weighted by Gasteiger charge is -2.34. The van der Waals surface area contributed by atoms with Gasteiger partial charge < -0.3 is 10.0 Å². The molecule has 1 aromatic rings. The van der Waals surface area contributed by atoms with Gasteiger partial charge in [0.15, 0.2) is 0 Å². The molecule has 4 nitrogen and oxygen atoms in total. The van der Waals surface area contributed by atoms with Gasteiger partial charge >= 0.3 is 6.03 Å². The molecule has 1 aliphatic rings. The highest BCUT2D eigenvalue weighted by molar-refractivity contribution is 5.93. The Kier molecular flexibility index (Phi) is 3.07. The topological polar surface area (TPSA) is 43.8 Å². The Morgan fingerprint density at radius 1 is 1.47 bits per heavy atom. The van der Waals surface area contributed by atoms with Crippen molar-refractivity contribution in [2.75, 3.05) is 25.5 Å². The molecule has 0 saturated carbocycles. The van der Waals surface area contributed by atoms with E-state index in [-0.39, 0.29) is 6.03 Å². The van der Waals surface area contributed by atoms with Gasteiger partial charge in [-0.15, -0.1) is 0 Å². The second-order valence-electron chi connectivity index (χ2n) is 4.70. The van der Waals surface area contributed by atoms with Crippen LogP contribution in [-0.2, 0) is 0 Å². The molecule has 0 bridgehead atoms. The van der Waals surface area contributed by atoms with Crippen LogP contribution in [0.5, 0.6) is 0 Å². The summed E-state index contributed by atoms with van der Waals surface area (Å²) in [6.45, 7) is 2.55. The summed E-state index contributed by atoms with van der Waals surface area (Å²) in [5.41, 5.74) is 2.78. The van der Waals surface area contributed by atoms with E-state index in [1.807, 2.05) is 25.1 Å². The van der Waals surface area contributed by atoms with Gasteiger partial charge in [-0.25, -0.2) is 4.79 Å². The van der Waals surface area contributed by atoms with Crippen molar-refractivity contribution in [2.24, 2.45) is 0 Å². The van der Waals surface area contributed by atoms with Crippen LogP contribution in [0.25, 0.3) is 0 Å². The second kappa shape index (κ2) is 4.37. The molecule has 1 atom stereocenters. The lowest BCUT2D eigenvalue weighted by molar-refractivity contribution is 0.162. The Balaban J connectivity index is 2.42. The molecule has 17 heavy (non-hydrogen) atoms. The van der Waals surface area contributed by atoms with Gasteiger partial charge in [0.2, 0.25) is 0 Å². The molecule has 1 N–H and O–H groups in total. The fourth-order valence-electron chi connectivity index (χ4n) is 2.15. The first-order chi connectivity index (χ1) is 8.00. The number of rotatable bonds is 0. The monoisotopic (exact) mass is 234 g/mol. The number of aliphatic hydroxyl groups is 1. The van der Waals surface area contributed by atoms with Crippen molar-refractivity contribution in [1.29, 1.82) is 0 Å². The minimum Gasteiger partial charge on any atom is -0.388 e. The Morgan fingerprint density at radius 3 is 2.82 bits per heavy atom. The van der Waals surface area contributed by atoms with Gasteiger partial charge in [0.25, 0.3) is 0 Å². The number of urea groups is 1. The zero-order chi connectivity index (χ0) is 12.6. The van der Waals surface area contributed by atoms with E-state index in [2.05, 4.69) is 0 Å². The number of aryl methyl sites for hydroxylation is 1. The van der Waals surface area contributed by atoms with E-state index >= 15 is 0 Å². The first-order valence-electron chi connectivity index (χ1n) is 5.78. The number of benzene rings is 1. The highest BCUT2D eigenvalue weighted by Gasteiger charge is 2.28. The molecule has 2 rings (SSSR count). The zero-order valence-corrected chi connectivity index (χ0v) is 10.5. The quantitative estimate of drug-likeness (QED) is 0.745. The maximum atomic E-state index is 12.0. The van der Waals surface area contributed by atoms with Crippen molar-refractivity contribution < 1.29 is 9.90 Å². The van der Waals surface area contributed by atoms with Crippen LogP contribution in [0.4, 0.5) is 10.5 Å². The number of hydrogen-bond donors (Lipinski definition) is 1.